The first kappa shape index (κ1) is 14.3. The predicted octanol–water partition coefficient (Wildman–Crippen LogP) is 3.61. The largest absolute Gasteiger partial charge is 0.303 e. The number of benzene rings is 1. The molecule has 0 spiro atoms. The summed E-state index contributed by atoms with van der Waals surface area (Å²) in [6.45, 7) is 9.61. The minimum absolute atomic E-state index is 0.292. The fourth-order valence-electron chi connectivity index (χ4n) is 2.72. The van der Waals surface area contributed by atoms with E-state index in [1.165, 1.54) is 18.4 Å². The van der Waals surface area contributed by atoms with E-state index >= 15 is 0 Å². The van der Waals surface area contributed by atoms with Crippen LogP contribution in [0, 0.1) is 19.8 Å². The molecule has 1 aliphatic rings. The van der Waals surface area contributed by atoms with Crippen LogP contribution in [0.3, 0.4) is 0 Å². The Labute approximate surface area is 116 Å². The van der Waals surface area contributed by atoms with Gasteiger partial charge in [-0.3, -0.25) is 4.79 Å². The molecule has 0 amide bonds. The van der Waals surface area contributed by atoms with Gasteiger partial charge >= 0.3 is 0 Å². The molecule has 2 heteroatoms. The molecule has 0 aliphatic carbocycles. The van der Waals surface area contributed by atoms with Crippen LogP contribution < -0.4 is 0 Å². The molecule has 1 aromatic carbocycles. The number of ketones is 1. The third-order valence-electron chi connectivity index (χ3n) is 4.22. The van der Waals surface area contributed by atoms with E-state index in [-0.39, 0.29) is 0 Å². The maximum Gasteiger partial charge on any atom is 0.164 e. The average molecular weight is 259 g/mol. The van der Waals surface area contributed by atoms with Gasteiger partial charge in [-0.05, 0) is 57.3 Å². The van der Waals surface area contributed by atoms with Crippen molar-refractivity contribution in [1.29, 1.82) is 0 Å². The lowest BCUT2D eigenvalue weighted by atomic mass is 9.97. The van der Waals surface area contributed by atoms with Crippen molar-refractivity contribution < 1.29 is 4.79 Å². The topological polar surface area (TPSA) is 20.3 Å². The van der Waals surface area contributed by atoms with Gasteiger partial charge in [-0.15, -0.1) is 0 Å². The van der Waals surface area contributed by atoms with E-state index in [1.54, 1.807) is 0 Å². The Balaban J connectivity index is 1.89. The Hall–Kier alpha value is -1.15. The Morgan fingerprint density at radius 2 is 1.95 bits per heavy atom. The summed E-state index contributed by atoms with van der Waals surface area (Å²) in [7, 11) is 0. The molecule has 0 bridgehead atoms. The standard InChI is InChI=1S/C17H25NO/c1-13-6-9-18(10-7-13)11-8-17(19)16-12-14(2)4-5-15(16)3/h4-5,12-13H,6-11H2,1-3H3. The zero-order valence-corrected chi connectivity index (χ0v) is 12.4. The second kappa shape index (κ2) is 6.33. The summed E-state index contributed by atoms with van der Waals surface area (Å²) in [4.78, 5) is 14.7. The van der Waals surface area contributed by atoms with Gasteiger partial charge < -0.3 is 4.90 Å². The van der Waals surface area contributed by atoms with Crippen LogP contribution >= 0.6 is 0 Å². The van der Waals surface area contributed by atoms with Gasteiger partial charge in [0.25, 0.3) is 0 Å². The van der Waals surface area contributed by atoms with Crippen molar-refractivity contribution in [2.75, 3.05) is 19.6 Å². The summed E-state index contributed by atoms with van der Waals surface area (Å²) in [6.07, 6.45) is 3.20. The highest BCUT2D eigenvalue weighted by molar-refractivity contribution is 5.97. The Morgan fingerprint density at radius 1 is 1.26 bits per heavy atom. The molecule has 0 atom stereocenters. The van der Waals surface area contributed by atoms with Crippen LogP contribution in [0.1, 0.15) is 47.7 Å². The highest BCUT2D eigenvalue weighted by Crippen LogP contribution is 2.17. The minimum atomic E-state index is 0.292. The molecule has 0 aromatic heterocycles. The summed E-state index contributed by atoms with van der Waals surface area (Å²) in [5.74, 6) is 1.14. The van der Waals surface area contributed by atoms with E-state index in [0.29, 0.717) is 12.2 Å². The molecule has 1 saturated heterocycles. The first-order valence-electron chi connectivity index (χ1n) is 7.39. The Morgan fingerprint density at radius 3 is 2.63 bits per heavy atom. The zero-order chi connectivity index (χ0) is 13.8. The minimum Gasteiger partial charge on any atom is -0.303 e. The van der Waals surface area contributed by atoms with Crippen LogP contribution in [0.5, 0.6) is 0 Å². The van der Waals surface area contributed by atoms with Gasteiger partial charge in [-0.25, -0.2) is 0 Å². The molecule has 1 aliphatic heterocycles. The summed E-state index contributed by atoms with van der Waals surface area (Å²) in [5.41, 5.74) is 3.17. The van der Waals surface area contributed by atoms with E-state index in [2.05, 4.69) is 17.9 Å². The molecule has 1 fully saturated rings. The molecular formula is C17H25NO. The molecule has 2 nitrogen and oxygen atoms in total. The molecule has 0 unspecified atom stereocenters. The normalized spacial score (nSPS) is 17.6. The highest BCUT2D eigenvalue weighted by Gasteiger charge is 2.17. The number of likely N-dealkylation sites (tertiary alicyclic amines) is 1. The molecular weight excluding hydrogens is 234 g/mol. The number of hydrogen-bond acceptors (Lipinski definition) is 2. The van der Waals surface area contributed by atoms with E-state index in [0.717, 1.165) is 36.7 Å². The number of aryl methyl sites for hydroxylation is 2. The maximum atomic E-state index is 12.3. The summed E-state index contributed by atoms with van der Waals surface area (Å²) < 4.78 is 0. The summed E-state index contributed by atoms with van der Waals surface area (Å²) in [5, 5.41) is 0. The van der Waals surface area contributed by atoms with Crippen LogP contribution in [0.25, 0.3) is 0 Å². The van der Waals surface area contributed by atoms with Crippen molar-refractivity contribution in [3.05, 3.63) is 34.9 Å². The third-order valence-corrected chi connectivity index (χ3v) is 4.22. The lowest BCUT2D eigenvalue weighted by Gasteiger charge is -2.29. The van der Waals surface area contributed by atoms with Gasteiger partial charge in [0.1, 0.15) is 0 Å². The fourth-order valence-corrected chi connectivity index (χ4v) is 2.72. The molecule has 0 saturated carbocycles. The van der Waals surface area contributed by atoms with Crippen LogP contribution in [-0.2, 0) is 0 Å². The molecule has 0 radical (unpaired) electrons. The van der Waals surface area contributed by atoms with Crippen molar-refractivity contribution in [1.82, 2.24) is 4.90 Å². The van der Waals surface area contributed by atoms with Crippen LogP contribution in [-0.4, -0.2) is 30.3 Å². The zero-order valence-electron chi connectivity index (χ0n) is 12.4. The lowest BCUT2D eigenvalue weighted by Crippen LogP contribution is -2.34. The van der Waals surface area contributed by atoms with E-state index in [1.807, 2.05) is 26.0 Å². The van der Waals surface area contributed by atoms with Crippen molar-refractivity contribution in [3.63, 3.8) is 0 Å². The second-order valence-corrected chi connectivity index (χ2v) is 6.02. The molecule has 104 valence electrons. The Bertz CT molecular complexity index is 445. The van der Waals surface area contributed by atoms with Crippen LogP contribution in [0.4, 0.5) is 0 Å². The van der Waals surface area contributed by atoms with Gasteiger partial charge in [-0.2, -0.15) is 0 Å². The predicted molar refractivity (Wildman–Crippen MR) is 79.7 cm³/mol. The fraction of sp³-hybridized carbons (Fsp3) is 0.588. The highest BCUT2D eigenvalue weighted by atomic mass is 16.1. The molecule has 1 heterocycles. The number of hydrogen-bond donors (Lipinski definition) is 0. The van der Waals surface area contributed by atoms with Crippen molar-refractivity contribution >= 4 is 5.78 Å². The first-order valence-corrected chi connectivity index (χ1v) is 7.39. The SMILES string of the molecule is Cc1ccc(C)c(C(=O)CCN2CCC(C)CC2)c1. The van der Waals surface area contributed by atoms with Gasteiger partial charge in [-0.1, -0.05) is 24.6 Å². The van der Waals surface area contributed by atoms with Crippen LogP contribution in [0.2, 0.25) is 0 Å². The molecule has 0 N–H and O–H groups in total. The van der Waals surface area contributed by atoms with Gasteiger partial charge in [0.05, 0.1) is 0 Å². The number of piperidine rings is 1. The lowest BCUT2D eigenvalue weighted by molar-refractivity contribution is 0.0952. The van der Waals surface area contributed by atoms with Gasteiger partial charge in [0, 0.05) is 18.5 Å². The van der Waals surface area contributed by atoms with Gasteiger partial charge in [0.2, 0.25) is 0 Å². The molecule has 1 aromatic rings. The summed E-state index contributed by atoms with van der Waals surface area (Å²) >= 11 is 0. The monoisotopic (exact) mass is 259 g/mol. The first-order chi connectivity index (χ1) is 9.06. The third kappa shape index (κ3) is 3.90. The van der Waals surface area contributed by atoms with E-state index in [4.69, 9.17) is 0 Å². The number of carbonyl (C=O) groups excluding carboxylic acids is 1. The Kier molecular flexibility index (Phi) is 4.76. The van der Waals surface area contributed by atoms with Crippen molar-refractivity contribution in [3.8, 4) is 0 Å². The van der Waals surface area contributed by atoms with Crippen molar-refractivity contribution in [2.45, 2.75) is 40.0 Å². The second-order valence-electron chi connectivity index (χ2n) is 6.02. The maximum absolute atomic E-state index is 12.3. The van der Waals surface area contributed by atoms with Crippen molar-refractivity contribution in [2.24, 2.45) is 5.92 Å². The number of nitrogens with zero attached hydrogens (tertiary/aromatic N) is 1. The summed E-state index contributed by atoms with van der Waals surface area (Å²) in [6, 6.07) is 6.14. The number of carbonyl (C=O) groups is 1. The van der Waals surface area contributed by atoms with Gasteiger partial charge in [0.15, 0.2) is 5.78 Å². The molecule has 19 heavy (non-hydrogen) atoms. The smallest absolute Gasteiger partial charge is 0.164 e. The van der Waals surface area contributed by atoms with E-state index in [9.17, 15) is 4.79 Å². The average Bonchev–Trinajstić information content (AvgIpc) is 2.40. The molecule has 2 rings (SSSR count). The number of rotatable bonds is 4. The van der Waals surface area contributed by atoms with Crippen LogP contribution in [0.15, 0.2) is 18.2 Å². The van der Waals surface area contributed by atoms with E-state index < -0.39 is 0 Å². The number of Topliss-reactive ketones (excluding diaryl/α,β-unsaturated/α-hetero) is 1. The quantitative estimate of drug-likeness (QED) is 0.770.